The molecule has 1 aliphatic heterocycles. The van der Waals surface area contributed by atoms with E-state index in [1.54, 1.807) is 6.92 Å². The van der Waals surface area contributed by atoms with Crippen molar-refractivity contribution in [3.8, 4) is 0 Å². The molecule has 1 aromatic rings. The van der Waals surface area contributed by atoms with Crippen molar-refractivity contribution in [2.24, 2.45) is 0 Å². The molecule has 0 aromatic heterocycles. The predicted molar refractivity (Wildman–Crippen MR) is 66.1 cm³/mol. The standard InChI is InChI=1S/C13H19NO3/c1-10(16)12-4-2-3-5-13(12)14-6-7-17-11(8-14)9-15/h2-5,10-11,15-16H,6-9H2,1H3/t10-,11?/m1/s1. The smallest absolute Gasteiger partial charge is 0.0980 e. The van der Waals surface area contributed by atoms with Crippen LogP contribution in [0.3, 0.4) is 0 Å². The van der Waals surface area contributed by atoms with E-state index in [1.165, 1.54) is 0 Å². The average Bonchev–Trinajstić information content (AvgIpc) is 2.39. The third-order valence-corrected chi connectivity index (χ3v) is 3.07. The summed E-state index contributed by atoms with van der Waals surface area (Å²) in [6.45, 7) is 3.87. The molecule has 2 N–H and O–H groups in total. The minimum atomic E-state index is -0.485. The van der Waals surface area contributed by atoms with Gasteiger partial charge in [0, 0.05) is 24.3 Å². The Bertz CT molecular complexity index is 367. The third-order valence-electron chi connectivity index (χ3n) is 3.07. The fourth-order valence-corrected chi connectivity index (χ4v) is 2.18. The summed E-state index contributed by atoms with van der Waals surface area (Å²) in [5.41, 5.74) is 1.95. The number of para-hydroxylation sites is 1. The van der Waals surface area contributed by atoms with Crippen LogP contribution in [0, 0.1) is 0 Å². The van der Waals surface area contributed by atoms with Crippen molar-refractivity contribution in [1.29, 1.82) is 0 Å². The van der Waals surface area contributed by atoms with Gasteiger partial charge in [0.25, 0.3) is 0 Å². The SMILES string of the molecule is C[C@@H](O)c1ccccc1N1CCOC(CO)C1. The summed E-state index contributed by atoms with van der Waals surface area (Å²) >= 11 is 0. The van der Waals surface area contributed by atoms with Gasteiger partial charge in [-0.1, -0.05) is 18.2 Å². The Morgan fingerprint density at radius 2 is 2.24 bits per heavy atom. The minimum Gasteiger partial charge on any atom is -0.394 e. The van der Waals surface area contributed by atoms with Gasteiger partial charge in [-0.3, -0.25) is 0 Å². The van der Waals surface area contributed by atoms with Gasteiger partial charge < -0.3 is 19.8 Å². The maximum Gasteiger partial charge on any atom is 0.0980 e. The Morgan fingerprint density at radius 1 is 1.47 bits per heavy atom. The number of hydrogen-bond donors (Lipinski definition) is 2. The van der Waals surface area contributed by atoms with Crippen LogP contribution in [-0.2, 0) is 4.74 Å². The molecule has 0 aliphatic carbocycles. The summed E-state index contributed by atoms with van der Waals surface area (Å²) in [5, 5.41) is 18.9. The molecule has 1 aliphatic rings. The van der Waals surface area contributed by atoms with Crippen molar-refractivity contribution >= 4 is 5.69 Å². The summed E-state index contributed by atoms with van der Waals surface area (Å²) in [5.74, 6) is 0. The van der Waals surface area contributed by atoms with Crippen LogP contribution in [-0.4, -0.2) is 42.6 Å². The molecule has 1 aromatic carbocycles. The summed E-state index contributed by atoms with van der Waals surface area (Å²) in [6, 6.07) is 7.82. The van der Waals surface area contributed by atoms with Gasteiger partial charge in [-0.15, -0.1) is 0 Å². The van der Waals surface area contributed by atoms with Gasteiger partial charge >= 0.3 is 0 Å². The maximum atomic E-state index is 9.75. The van der Waals surface area contributed by atoms with Gasteiger partial charge in [0.05, 0.1) is 25.4 Å². The summed E-state index contributed by atoms with van der Waals surface area (Å²) < 4.78 is 5.43. The highest BCUT2D eigenvalue weighted by Gasteiger charge is 2.22. The first-order valence-electron chi connectivity index (χ1n) is 5.96. The second-order valence-electron chi connectivity index (χ2n) is 4.36. The highest BCUT2D eigenvalue weighted by Crippen LogP contribution is 2.27. The van der Waals surface area contributed by atoms with Crippen molar-refractivity contribution in [2.75, 3.05) is 31.2 Å². The molecule has 4 heteroatoms. The average molecular weight is 237 g/mol. The van der Waals surface area contributed by atoms with E-state index in [0.29, 0.717) is 13.2 Å². The zero-order valence-electron chi connectivity index (χ0n) is 10.0. The second-order valence-corrected chi connectivity index (χ2v) is 4.36. The first-order chi connectivity index (χ1) is 8.22. The van der Waals surface area contributed by atoms with Crippen molar-refractivity contribution in [3.63, 3.8) is 0 Å². The lowest BCUT2D eigenvalue weighted by atomic mass is 10.1. The van der Waals surface area contributed by atoms with Crippen molar-refractivity contribution in [3.05, 3.63) is 29.8 Å². The van der Waals surface area contributed by atoms with Gasteiger partial charge in [-0.2, -0.15) is 0 Å². The molecule has 0 saturated carbocycles. The van der Waals surface area contributed by atoms with E-state index >= 15 is 0 Å². The second kappa shape index (κ2) is 5.49. The quantitative estimate of drug-likeness (QED) is 0.821. The first-order valence-corrected chi connectivity index (χ1v) is 5.96. The largest absolute Gasteiger partial charge is 0.394 e. The number of ether oxygens (including phenoxy) is 1. The molecule has 94 valence electrons. The molecule has 1 heterocycles. The minimum absolute atomic E-state index is 0.0351. The van der Waals surface area contributed by atoms with Crippen LogP contribution in [0.1, 0.15) is 18.6 Å². The molecule has 2 rings (SSSR count). The fourth-order valence-electron chi connectivity index (χ4n) is 2.18. The lowest BCUT2D eigenvalue weighted by molar-refractivity contribution is 0.00343. The third kappa shape index (κ3) is 2.77. The van der Waals surface area contributed by atoms with E-state index in [-0.39, 0.29) is 12.7 Å². The molecular weight excluding hydrogens is 218 g/mol. The lowest BCUT2D eigenvalue weighted by Crippen LogP contribution is -2.44. The number of rotatable bonds is 3. The zero-order chi connectivity index (χ0) is 12.3. The number of hydrogen-bond acceptors (Lipinski definition) is 4. The van der Waals surface area contributed by atoms with Crippen molar-refractivity contribution in [2.45, 2.75) is 19.1 Å². The fraction of sp³-hybridized carbons (Fsp3) is 0.538. The summed E-state index contributed by atoms with van der Waals surface area (Å²) in [4.78, 5) is 2.16. The van der Waals surface area contributed by atoms with Crippen LogP contribution in [0.2, 0.25) is 0 Å². The normalized spacial score (nSPS) is 22.5. The van der Waals surface area contributed by atoms with Crippen LogP contribution in [0.5, 0.6) is 0 Å². The maximum absolute atomic E-state index is 9.75. The molecule has 2 atom stereocenters. The van der Waals surface area contributed by atoms with Gasteiger partial charge in [0.1, 0.15) is 0 Å². The molecule has 1 unspecified atom stereocenters. The van der Waals surface area contributed by atoms with E-state index in [9.17, 15) is 5.11 Å². The lowest BCUT2D eigenvalue weighted by Gasteiger charge is -2.35. The molecule has 0 spiro atoms. The Balaban J connectivity index is 2.21. The van der Waals surface area contributed by atoms with Crippen LogP contribution >= 0.6 is 0 Å². The Labute approximate surface area is 101 Å². The number of aliphatic hydroxyl groups is 2. The number of morpholine rings is 1. The highest BCUT2D eigenvalue weighted by molar-refractivity contribution is 5.54. The van der Waals surface area contributed by atoms with Crippen LogP contribution in [0.15, 0.2) is 24.3 Å². The van der Waals surface area contributed by atoms with E-state index < -0.39 is 6.10 Å². The van der Waals surface area contributed by atoms with E-state index in [0.717, 1.165) is 17.8 Å². The monoisotopic (exact) mass is 237 g/mol. The molecule has 0 radical (unpaired) electrons. The predicted octanol–water partition coefficient (Wildman–Crippen LogP) is 0.937. The summed E-state index contributed by atoms with van der Waals surface area (Å²) in [6.07, 6.45) is -0.618. The highest BCUT2D eigenvalue weighted by atomic mass is 16.5. The van der Waals surface area contributed by atoms with Gasteiger partial charge in [-0.05, 0) is 13.0 Å². The molecule has 1 saturated heterocycles. The number of nitrogens with zero attached hydrogens (tertiary/aromatic N) is 1. The molecule has 17 heavy (non-hydrogen) atoms. The molecule has 0 amide bonds. The van der Waals surface area contributed by atoms with Gasteiger partial charge in [-0.25, -0.2) is 0 Å². The van der Waals surface area contributed by atoms with Gasteiger partial charge in [0.15, 0.2) is 0 Å². The Hall–Kier alpha value is -1.10. The molecule has 1 fully saturated rings. The number of aliphatic hydroxyl groups excluding tert-OH is 2. The van der Waals surface area contributed by atoms with E-state index in [4.69, 9.17) is 9.84 Å². The summed E-state index contributed by atoms with van der Waals surface area (Å²) in [7, 11) is 0. The first kappa shape index (κ1) is 12.4. The molecule has 4 nitrogen and oxygen atoms in total. The van der Waals surface area contributed by atoms with Gasteiger partial charge in [0.2, 0.25) is 0 Å². The topological polar surface area (TPSA) is 52.9 Å². The van der Waals surface area contributed by atoms with Crippen LogP contribution in [0.25, 0.3) is 0 Å². The molecular formula is C13H19NO3. The number of anilines is 1. The Morgan fingerprint density at radius 3 is 2.94 bits per heavy atom. The van der Waals surface area contributed by atoms with Crippen molar-refractivity contribution < 1.29 is 14.9 Å². The van der Waals surface area contributed by atoms with Crippen LogP contribution in [0.4, 0.5) is 5.69 Å². The zero-order valence-corrected chi connectivity index (χ0v) is 10.0. The van der Waals surface area contributed by atoms with Crippen molar-refractivity contribution in [1.82, 2.24) is 0 Å². The van der Waals surface area contributed by atoms with Crippen LogP contribution < -0.4 is 4.90 Å². The molecule has 0 bridgehead atoms. The van der Waals surface area contributed by atoms with E-state index in [1.807, 2.05) is 24.3 Å². The van der Waals surface area contributed by atoms with E-state index in [2.05, 4.69) is 4.90 Å². The number of benzene rings is 1. The Kier molecular flexibility index (Phi) is 3.99.